The van der Waals surface area contributed by atoms with Crippen molar-refractivity contribution in [2.24, 2.45) is 0 Å². The summed E-state index contributed by atoms with van der Waals surface area (Å²) in [5.41, 5.74) is 3.31. The molecular formula is C18H20N2O2. The van der Waals surface area contributed by atoms with Crippen LogP contribution >= 0.6 is 0 Å². The fourth-order valence-corrected chi connectivity index (χ4v) is 2.81. The molecule has 0 unspecified atom stereocenters. The molecular weight excluding hydrogens is 276 g/mol. The van der Waals surface area contributed by atoms with Gasteiger partial charge in [-0.2, -0.15) is 0 Å². The number of nitrogens with zero attached hydrogens (tertiary/aromatic N) is 1. The molecule has 0 bridgehead atoms. The molecule has 0 radical (unpaired) electrons. The van der Waals surface area contributed by atoms with Gasteiger partial charge in [-0.3, -0.25) is 9.78 Å². The highest BCUT2D eigenvalue weighted by atomic mass is 16.5. The lowest BCUT2D eigenvalue weighted by Gasteiger charge is -2.19. The quantitative estimate of drug-likeness (QED) is 0.863. The van der Waals surface area contributed by atoms with Crippen LogP contribution in [0.3, 0.4) is 0 Å². The molecule has 1 amide bonds. The van der Waals surface area contributed by atoms with Gasteiger partial charge < -0.3 is 10.1 Å². The summed E-state index contributed by atoms with van der Waals surface area (Å²) in [6.45, 7) is 0.958. The molecule has 0 saturated heterocycles. The maximum atomic E-state index is 11.9. The van der Waals surface area contributed by atoms with E-state index in [9.17, 15) is 4.79 Å². The van der Waals surface area contributed by atoms with Crippen LogP contribution in [-0.4, -0.2) is 24.0 Å². The van der Waals surface area contributed by atoms with E-state index in [0.717, 1.165) is 18.6 Å². The van der Waals surface area contributed by atoms with Crippen LogP contribution < -0.4 is 10.1 Å². The van der Waals surface area contributed by atoms with Crippen LogP contribution in [0.2, 0.25) is 0 Å². The van der Waals surface area contributed by atoms with Crippen molar-refractivity contribution in [3.05, 3.63) is 59.4 Å². The zero-order valence-corrected chi connectivity index (χ0v) is 12.5. The van der Waals surface area contributed by atoms with Gasteiger partial charge >= 0.3 is 0 Å². The number of rotatable bonds is 5. The first-order valence-electron chi connectivity index (χ1n) is 7.76. The molecule has 3 rings (SSSR count). The summed E-state index contributed by atoms with van der Waals surface area (Å²) in [6.07, 6.45) is 7.93. The number of nitrogens with one attached hydrogen (secondary N) is 1. The highest BCUT2D eigenvalue weighted by molar-refractivity contribution is 5.93. The lowest BCUT2D eigenvalue weighted by atomic mass is 9.91. The Morgan fingerprint density at radius 1 is 1.18 bits per heavy atom. The molecule has 1 aliphatic rings. The Hall–Kier alpha value is -2.36. The fraction of sp³-hybridized carbons (Fsp3) is 0.333. The number of carbonyl (C=O) groups excluding carboxylic acids is 1. The Bertz CT molecular complexity index is 641. The molecule has 4 heteroatoms. The molecule has 1 aliphatic carbocycles. The van der Waals surface area contributed by atoms with E-state index >= 15 is 0 Å². The summed E-state index contributed by atoms with van der Waals surface area (Å²) >= 11 is 0. The van der Waals surface area contributed by atoms with Crippen LogP contribution in [0.4, 0.5) is 0 Å². The Kier molecular flexibility index (Phi) is 4.68. The Balaban J connectivity index is 1.51. The van der Waals surface area contributed by atoms with Crippen molar-refractivity contribution in [1.29, 1.82) is 0 Å². The van der Waals surface area contributed by atoms with E-state index in [1.165, 1.54) is 24.0 Å². The smallest absolute Gasteiger partial charge is 0.252 e. The molecule has 2 aromatic rings. The molecule has 0 fully saturated rings. The average Bonchev–Trinajstić information content (AvgIpc) is 2.59. The summed E-state index contributed by atoms with van der Waals surface area (Å²) in [6, 6.07) is 9.75. The average molecular weight is 296 g/mol. The van der Waals surface area contributed by atoms with Gasteiger partial charge in [-0.05, 0) is 55.0 Å². The molecule has 1 aromatic heterocycles. The number of ether oxygens (including phenoxy) is 1. The van der Waals surface area contributed by atoms with Crippen molar-refractivity contribution in [3.8, 4) is 5.75 Å². The van der Waals surface area contributed by atoms with Crippen molar-refractivity contribution in [2.75, 3.05) is 13.2 Å². The number of carbonyl (C=O) groups is 1. The topological polar surface area (TPSA) is 51.2 Å². The minimum atomic E-state index is -0.119. The van der Waals surface area contributed by atoms with Gasteiger partial charge in [0.25, 0.3) is 5.91 Å². The van der Waals surface area contributed by atoms with Crippen molar-refractivity contribution in [1.82, 2.24) is 10.3 Å². The lowest BCUT2D eigenvalue weighted by Crippen LogP contribution is -2.28. The molecule has 22 heavy (non-hydrogen) atoms. The van der Waals surface area contributed by atoms with Crippen molar-refractivity contribution < 1.29 is 9.53 Å². The number of hydrogen-bond donors (Lipinski definition) is 1. The number of fused-ring (bicyclic) bond motifs is 1. The summed E-state index contributed by atoms with van der Waals surface area (Å²) in [5.74, 6) is 0.847. The molecule has 0 atom stereocenters. The summed E-state index contributed by atoms with van der Waals surface area (Å²) in [5, 5.41) is 2.85. The standard InChI is InChI=1S/C18H20N2O2/c21-18(15-7-4-10-19-13-15)20-11-12-22-17-9-3-6-14-5-1-2-8-16(14)17/h3-4,6-7,9-10,13H,1-2,5,8,11-12H2,(H,20,21). The Labute approximate surface area is 130 Å². The number of aryl methyl sites for hydroxylation is 1. The third kappa shape index (κ3) is 3.45. The zero-order chi connectivity index (χ0) is 15.2. The van der Waals surface area contributed by atoms with Crippen LogP contribution in [-0.2, 0) is 12.8 Å². The number of pyridine rings is 1. The maximum Gasteiger partial charge on any atom is 0.252 e. The minimum absolute atomic E-state index is 0.119. The number of hydrogen-bond acceptors (Lipinski definition) is 3. The van der Waals surface area contributed by atoms with Gasteiger partial charge in [0.2, 0.25) is 0 Å². The third-order valence-corrected chi connectivity index (χ3v) is 3.92. The van der Waals surface area contributed by atoms with E-state index in [0.29, 0.717) is 18.7 Å². The van der Waals surface area contributed by atoms with Gasteiger partial charge in [0.15, 0.2) is 0 Å². The first-order valence-corrected chi connectivity index (χ1v) is 7.76. The van der Waals surface area contributed by atoms with Gasteiger partial charge in [-0.25, -0.2) is 0 Å². The van der Waals surface area contributed by atoms with Crippen LogP contribution in [0.25, 0.3) is 0 Å². The van der Waals surface area contributed by atoms with E-state index in [4.69, 9.17) is 4.74 Å². The van der Waals surface area contributed by atoms with Gasteiger partial charge in [0, 0.05) is 12.4 Å². The van der Waals surface area contributed by atoms with Crippen LogP contribution in [0.15, 0.2) is 42.7 Å². The van der Waals surface area contributed by atoms with E-state index < -0.39 is 0 Å². The highest BCUT2D eigenvalue weighted by Crippen LogP contribution is 2.29. The van der Waals surface area contributed by atoms with E-state index in [1.54, 1.807) is 24.5 Å². The van der Waals surface area contributed by atoms with E-state index in [2.05, 4.69) is 16.4 Å². The molecule has 0 saturated carbocycles. The van der Waals surface area contributed by atoms with E-state index in [1.807, 2.05) is 12.1 Å². The van der Waals surface area contributed by atoms with Crippen molar-refractivity contribution in [2.45, 2.75) is 25.7 Å². The molecule has 0 spiro atoms. The predicted molar refractivity (Wildman–Crippen MR) is 85.1 cm³/mol. The first-order chi connectivity index (χ1) is 10.8. The second kappa shape index (κ2) is 7.07. The number of amides is 1. The lowest BCUT2D eigenvalue weighted by molar-refractivity contribution is 0.0946. The molecule has 1 aromatic carbocycles. The molecule has 4 nitrogen and oxygen atoms in total. The molecule has 1 heterocycles. The van der Waals surface area contributed by atoms with Gasteiger partial charge in [-0.1, -0.05) is 12.1 Å². The van der Waals surface area contributed by atoms with Crippen LogP contribution in [0.1, 0.15) is 34.3 Å². The van der Waals surface area contributed by atoms with Gasteiger partial charge in [0.1, 0.15) is 12.4 Å². The SMILES string of the molecule is O=C(NCCOc1cccc2c1CCCC2)c1cccnc1. The summed E-state index contributed by atoms with van der Waals surface area (Å²) < 4.78 is 5.86. The van der Waals surface area contributed by atoms with Gasteiger partial charge in [-0.15, -0.1) is 0 Å². The largest absolute Gasteiger partial charge is 0.491 e. The third-order valence-electron chi connectivity index (χ3n) is 3.92. The normalized spacial score (nSPS) is 13.3. The molecule has 1 N–H and O–H groups in total. The first kappa shape index (κ1) is 14.6. The van der Waals surface area contributed by atoms with Crippen molar-refractivity contribution >= 4 is 5.91 Å². The predicted octanol–water partition coefficient (Wildman–Crippen LogP) is 2.77. The zero-order valence-electron chi connectivity index (χ0n) is 12.5. The van der Waals surface area contributed by atoms with Crippen LogP contribution in [0.5, 0.6) is 5.75 Å². The van der Waals surface area contributed by atoms with Crippen LogP contribution in [0, 0.1) is 0 Å². The Morgan fingerprint density at radius 3 is 2.95 bits per heavy atom. The monoisotopic (exact) mass is 296 g/mol. The maximum absolute atomic E-state index is 11.9. The summed E-state index contributed by atoms with van der Waals surface area (Å²) in [4.78, 5) is 15.8. The summed E-state index contributed by atoms with van der Waals surface area (Å²) in [7, 11) is 0. The number of aromatic nitrogens is 1. The fourth-order valence-electron chi connectivity index (χ4n) is 2.81. The molecule has 0 aliphatic heterocycles. The molecule has 114 valence electrons. The van der Waals surface area contributed by atoms with Gasteiger partial charge in [0.05, 0.1) is 12.1 Å². The second-order valence-electron chi connectivity index (χ2n) is 5.45. The van der Waals surface area contributed by atoms with E-state index in [-0.39, 0.29) is 5.91 Å². The Morgan fingerprint density at radius 2 is 2.09 bits per heavy atom. The van der Waals surface area contributed by atoms with Crippen molar-refractivity contribution in [3.63, 3.8) is 0 Å². The second-order valence-corrected chi connectivity index (χ2v) is 5.45. The minimum Gasteiger partial charge on any atom is -0.491 e. The number of benzene rings is 1. The highest BCUT2D eigenvalue weighted by Gasteiger charge is 2.13.